The third-order valence-electron chi connectivity index (χ3n) is 4.39. The van der Waals surface area contributed by atoms with Gasteiger partial charge in [-0.15, -0.1) is 0 Å². The number of aromatic amines is 1. The maximum atomic E-state index is 12.1. The summed E-state index contributed by atoms with van der Waals surface area (Å²) in [5.41, 5.74) is 0.556. The van der Waals surface area contributed by atoms with E-state index in [9.17, 15) is 9.59 Å². The molecule has 1 aliphatic rings. The highest BCUT2D eigenvalue weighted by molar-refractivity contribution is 9.10. The molecule has 1 aromatic carbocycles. The van der Waals surface area contributed by atoms with Crippen LogP contribution in [0, 0.1) is 11.8 Å². The van der Waals surface area contributed by atoms with E-state index < -0.39 is 0 Å². The molecule has 0 spiro atoms. The Hall–Kier alpha value is -1.89. The third-order valence-corrected chi connectivity index (χ3v) is 4.92. The summed E-state index contributed by atoms with van der Waals surface area (Å²) in [5, 5.41) is 6.73. The largest absolute Gasteiger partial charge is 0.347 e. The van der Waals surface area contributed by atoms with Crippen LogP contribution in [-0.2, 0) is 11.2 Å². The molecule has 128 valence electrons. The van der Waals surface area contributed by atoms with Crippen LogP contribution in [0.3, 0.4) is 0 Å². The Morgan fingerprint density at radius 2 is 2.08 bits per heavy atom. The monoisotopic (exact) mass is 392 g/mol. The van der Waals surface area contributed by atoms with E-state index in [0.29, 0.717) is 18.2 Å². The first-order valence-corrected chi connectivity index (χ1v) is 8.96. The molecule has 1 unspecified atom stereocenters. The van der Waals surface area contributed by atoms with Crippen molar-refractivity contribution < 1.29 is 4.79 Å². The van der Waals surface area contributed by atoms with Crippen LogP contribution in [0.25, 0.3) is 5.69 Å². The quantitative estimate of drug-likeness (QED) is 0.867. The second kappa shape index (κ2) is 6.93. The molecule has 2 aromatic rings. The van der Waals surface area contributed by atoms with Crippen molar-refractivity contribution >= 4 is 21.8 Å². The van der Waals surface area contributed by atoms with Gasteiger partial charge >= 0.3 is 5.69 Å². The molecule has 1 fully saturated rings. The number of halogens is 1. The molecule has 0 bridgehead atoms. The number of nitrogens with zero attached hydrogens (tertiary/aromatic N) is 3. The summed E-state index contributed by atoms with van der Waals surface area (Å²) in [6, 6.07) is 7.57. The van der Waals surface area contributed by atoms with Gasteiger partial charge in [0.05, 0.1) is 5.69 Å². The van der Waals surface area contributed by atoms with Gasteiger partial charge in [0, 0.05) is 29.9 Å². The summed E-state index contributed by atoms with van der Waals surface area (Å²) in [6.07, 6.45) is 1.62. The molecule has 0 saturated carbocycles. The van der Waals surface area contributed by atoms with E-state index in [4.69, 9.17) is 0 Å². The fourth-order valence-electron chi connectivity index (χ4n) is 3.15. The lowest BCUT2D eigenvalue weighted by Gasteiger charge is -2.18. The van der Waals surface area contributed by atoms with Crippen LogP contribution in [-0.4, -0.2) is 38.7 Å². The lowest BCUT2D eigenvalue weighted by molar-refractivity contribution is -0.133. The molecule has 6 nitrogen and oxygen atoms in total. The van der Waals surface area contributed by atoms with Gasteiger partial charge in [-0.2, -0.15) is 5.10 Å². The van der Waals surface area contributed by atoms with Gasteiger partial charge in [0.2, 0.25) is 5.91 Å². The topological polar surface area (TPSA) is 71.0 Å². The van der Waals surface area contributed by atoms with E-state index in [1.165, 1.54) is 0 Å². The Morgan fingerprint density at radius 3 is 2.75 bits per heavy atom. The van der Waals surface area contributed by atoms with E-state index in [1.54, 1.807) is 4.57 Å². The van der Waals surface area contributed by atoms with Gasteiger partial charge in [-0.1, -0.05) is 29.8 Å². The normalized spacial score (nSPS) is 17.7. The minimum atomic E-state index is -0.236. The highest BCUT2D eigenvalue weighted by Crippen LogP contribution is 2.22. The van der Waals surface area contributed by atoms with Crippen molar-refractivity contribution in [3.8, 4) is 5.69 Å². The molecule has 1 aliphatic heterocycles. The molecule has 0 aliphatic carbocycles. The van der Waals surface area contributed by atoms with Crippen LogP contribution in [0.5, 0.6) is 0 Å². The van der Waals surface area contributed by atoms with E-state index in [-0.39, 0.29) is 17.5 Å². The Morgan fingerprint density at radius 1 is 1.38 bits per heavy atom. The predicted molar refractivity (Wildman–Crippen MR) is 95.1 cm³/mol. The molecule has 1 N–H and O–H groups in total. The second-order valence-electron chi connectivity index (χ2n) is 6.55. The number of likely N-dealkylation sites (tertiary alicyclic amines) is 1. The number of hydrogen-bond acceptors (Lipinski definition) is 3. The van der Waals surface area contributed by atoms with Crippen molar-refractivity contribution in [3.05, 3.63) is 45.0 Å². The van der Waals surface area contributed by atoms with Crippen LogP contribution in [0.2, 0.25) is 0 Å². The smallest absolute Gasteiger partial charge is 0.342 e. The maximum absolute atomic E-state index is 12.1. The Kier molecular flexibility index (Phi) is 4.89. The molecular weight excluding hydrogens is 372 g/mol. The van der Waals surface area contributed by atoms with Crippen LogP contribution in [0.15, 0.2) is 33.5 Å². The average Bonchev–Trinajstić information content (AvgIpc) is 3.15. The fourth-order valence-corrected chi connectivity index (χ4v) is 3.41. The number of carbonyl (C=O) groups excluding carboxylic acids is 1. The van der Waals surface area contributed by atoms with Gasteiger partial charge in [-0.3, -0.25) is 4.79 Å². The summed E-state index contributed by atoms with van der Waals surface area (Å²) in [4.78, 5) is 26.2. The molecule has 7 heteroatoms. The molecule has 1 saturated heterocycles. The molecule has 2 heterocycles. The lowest BCUT2D eigenvalue weighted by atomic mass is 10.0. The van der Waals surface area contributed by atoms with Gasteiger partial charge in [0.25, 0.3) is 0 Å². The van der Waals surface area contributed by atoms with Crippen molar-refractivity contribution in [2.75, 3.05) is 13.1 Å². The van der Waals surface area contributed by atoms with Gasteiger partial charge in [-0.05, 0) is 36.6 Å². The third kappa shape index (κ3) is 3.45. The summed E-state index contributed by atoms with van der Waals surface area (Å²) in [5.74, 6) is 1.27. The van der Waals surface area contributed by atoms with Gasteiger partial charge in [0.15, 0.2) is 0 Å². The molecular formula is C17H21BrN4O2. The fraction of sp³-hybridized carbons (Fsp3) is 0.471. The number of carbonyl (C=O) groups is 1. The summed E-state index contributed by atoms with van der Waals surface area (Å²) in [6.45, 7) is 5.37. The number of rotatable bonds is 4. The standard InChI is InChI=1S/C17H21BrN4O2/c1-11(2)16(23)21-8-7-12(10-21)9-15-19-20-17(24)22(15)14-5-3-13(18)4-6-14/h3-6,11-12H,7-10H2,1-2H3,(H,20,24). The minimum Gasteiger partial charge on any atom is -0.342 e. The number of benzene rings is 1. The Labute approximate surface area is 149 Å². The first kappa shape index (κ1) is 17.0. The molecule has 1 atom stereocenters. The zero-order valence-electron chi connectivity index (χ0n) is 13.8. The highest BCUT2D eigenvalue weighted by Gasteiger charge is 2.29. The van der Waals surface area contributed by atoms with Crippen molar-refractivity contribution in [3.63, 3.8) is 0 Å². The van der Waals surface area contributed by atoms with Crippen molar-refractivity contribution in [2.45, 2.75) is 26.7 Å². The molecule has 24 heavy (non-hydrogen) atoms. The zero-order chi connectivity index (χ0) is 17.3. The Balaban J connectivity index is 1.77. The second-order valence-corrected chi connectivity index (χ2v) is 7.47. The van der Waals surface area contributed by atoms with E-state index in [0.717, 1.165) is 29.7 Å². The lowest BCUT2D eigenvalue weighted by Crippen LogP contribution is -2.32. The first-order valence-electron chi connectivity index (χ1n) is 8.16. The molecule has 0 radical (unpaired) electrons. The molecule has 3 rings (SSSR count). The van der Waals surface area contributed by atoms with Crippen LogP contribution in [0.4, 0.5) is 0 Å². The number of hydrogen-bond donors (Lipinski definition) is 1. The Bertz CT molecular complexity index is 779. The van der Waals surface area contributed by atoms with Crippen molar-refractivity contribution in [1.82, 2.24) is 19.7 Å². The first-order chi connectivity index (χ1) is 11.5. The van der Waals surface area contributed by atoms with E-state index in [2.05, 4.69) is 26.1 Å². The van der Waals surface area contributed by atoms with Crippen molar-refractivity contribution in [2.24, 2.45) is 11.8 Å². The minimum absolute atomic E-state index is 0.0232. The summed E-state index contributed by atoms with van der Waals surface area (Å²) in [7, 11) is 0. The van der Waals surface area contributed by atoms with Crippen molar-refractivity contribution in [1.29, 1.82) is 0 Å². The number of amides is 1. The number of aromatic nitrogens is 3. The van der Waals surface area contributed by atoms with Crippen LogP contribution in [0.1, 0.15) is 26.1 Å². The van der Waals surface area contributed by atoms with Gasteiger partial charge < -0.3 is 4.90 Å². The van der Waals surface area contributed by atoms with E-state index >= 15 is 0 Å². The maximum Gasteiger partial charge on any atom is 0.347 e. The predicted octanol–water partition coefficient (Wildman–Crippen LogP) is 2.37. The van der Waals surface area contributed by atoms with Crippen LogP contribution >= 0.6 is 15.9 Å². The molecule has 1 amide bonds. The van der Waals surface area contributed by atoms with Gasteiger partial charge in [-0.25, -0.2) is 14.5 Å². The summed E-state index contributed by atoms with van der Waals surface area (Å²) < 4.78 is 2.57. The zero-order valence-corrected chi connectivity index (χ0v) is 15.4. The highest BCUT2D eigenvalue weighted by atomic mass is 79.9. The van der Waals surface area contributed by atoms with Crippen LogP contribution < -0.4 is 5.69 Å². The summed E-state index contributed by atoms with van der Waals surface area (Å²) >= 11 is 3.40. The number of nitrogens with one attached hydrogen (secondary N) is 1. The average molecular weight is 393 g/mol. The van der Waals surface area contributed by atoms with E-state index in [1.807, 2.05) is 43.0 Å². The number of H-pyrrole nitrogens is 1. The SMILES string of the molecule is CC(C)C(=O)N1CCC(Cc2n[nH]c(=O)n2-c2ccc(Br)cc2)C1. The van der Waals surface area contributed by atoms with Gasteiger partial charge in [0.1, 0.15) is 5.82 Å². The molecule has 1 aromatic heterocycles.